The van der Waals surface area contributed by atoms with Crippen LogP contribution in [0.15, 0.2) is 0 Å². The van der Waals surface area contributed by atoms with Crippen LogP contribution in [0.2, 0.25) is 0 Å². The van der Waals surface area contributed by atoms with Crippen molar-refractivity contribution in [1.29, 1.82) is 0 Å². The van der Waals surface area contributed by atoms with E-state index in [1.165, 1.54) is 0 Å². The molecule has 4 N–H and O–H groups in total. The van der Waals surface area contributed by atoms with E-state index in [9.17, 15) is 0 Å². The molecule has 0 spiro atoms. The van der Waals surface area contributed by atoms with Gasteiger partial charge in [-0.3, -0.25) is 0 Å². The van der Waals surface area contributed by atoms with Crippen LogP contribution in [0.1, 0.15) is 0 Å². The van der Waals surface area contributed by atoms with Gasteiger partial charge in [0.05, 0.1) is 31.8 Å². The van der Waals surface area contributed by atoms with Crippen molar-refractivity contribution >= 4 is 48.9 Å². The zero-order valence-corrected chi connectivity index (χ0v) is 10.3. The summed E-state index contributed by atoms with van der Waals surface area (Å²) in [4.78, 5) is 0. The second-order valence-electron chi connectivity index (χ2n) is 2.13. The number of hydrogen-bond donors (Lipinski definition) is 4. The molecule has 0 unspecified atom stereocenters. The molecule has 0 bridgehead atoms. The molecule has 5 heteroatoms. The average molecular weight is 273 g/mol. The van der Waals surface area contributed by atoms with E-state index in [0.29, 0.717) is 0 Å². The van der Waals surface area contributed by atoms with Crippen molar-refractivity contribution in [3.8, 4) is 0 Å². The third-order valence-corrected chi connectivity index (χ3v) is 1.34. The van der Waals surface area contributed by atoms with Gasteiger partial charge in [0.1, 0.15) is 0 Å². The summed E-state index contributed by atoms with van der Waals surface area (Å²) in [7, 11) is 0. The number of aliphatic hydroxyl groups excluding tert-OH is 4. The molecule has 0 rings (SSSR count). The Hall–Kier alpha value is 1.41. The first-order valence-corrected chi connectivity index (χ1v) is 2.68. The maximum absolute atomic E-state index is 8.50. The van der Waals surface area contributed by atoms with Crippen LogP contribution in [0.3, 0.4) is 0 Å². The summed E-state index contributed by atoms with van der Waals surface area (Å²) in [5.74, 6) is 0. The second kappa shape index (κ2) is 7.08. The topological polar surface area (TPSA) is 80.9 Å². The maximum atomic E-state index is 8.50. The Labute approximate surface area is 100.0 Å². The molecular formula is C5H12BaO4. The summed E-state index contributed by atoms with van der Waals surface area (Å²) in [5, 5.41) is 34.0. The van der Waals surface area contributed by atoms with Gasteiger partial charge in [0.15, 0.2) is 0 Å². The monoisotopic (exact) mass is 274 g/mol. The van der Waals surface area contributed by atoms with Crippen LogP contribution in [0, 0.1) is 5.41 Å². The fourth-order valence-corrected chi connectivity index (χ4v) is 0.300. The summed E-state index contributed by atoms with van der Waals surface area (Å²) in [5.41, 5.74) is -1.11. The molecule has 0 heterocycles. The smallest absolute Gasteiger partial charge is 0.0627 e. The first kappa shape index (κ1) is 14.0. The van der Waals surface area contributed by atoms with Crippen molar-refractivity contribution < 1.29 is 20.4 Å². The molecule has 2 radical (unpaired) electrons. The van der Waals surface area contributed by atoms with Gasteiger partial charge in [0.25, 0.3) is 0 Å². The zero-order valence-electron chi connectivity index (χ0n) is 5.82. The molecule has 58 valence electrons. The van der Waals surface area contributed by atoms with Crippen LogP contribution < -0.4 is 0 Å². The molecule has 10 heavy (non-hydrogen) atoms. The van der Waals surface area contributed by atoms with Crippen molar-refractivity contribution in [2.24, 2.45) is 5.41 Å². The number of hydrogen-bond acceptors (Lipinski definition) is 4. The Morgan fingerprint density at radius 2 is 0.900 bits per heavy atom. The minimum atomic E-state index is -1.11. The Bertz CT molecular complexity index is 56.5. The fraction of sp³-hybridized carbons (Fsp3) is 1.00. The quantitative estimate of drug-likeness (QED) is 0.429. The second-order valence-corrected chi connectivity index (χ2v) is 2.13. The molecular weight excluding hydrogens is 261 g/mol. The number of rotatable bonds is 4. The van der Waals surface area contributed by atoms with Gasteiger partial charge in [-0.25, -0.2) is 0 Å². The molecule has 0 aliphatic rings. The predicted molar refractivity (Wildman–Crippen MR) is 36.5 cm³/mol. The van der Waals surface area contributed by atoms with Crippen molar-refractivity contribution in [1.82, 2.24) is 0 Å². The normalized spacial score (nSPS) is 10.8. The molecule has 0 aromatic carbocycles. The molecule has 0 fully saturated rings. The molecule has 0 saturated heterocycles. The average Bonchev–Trinajstić information content (AvgIpc) is 1.95. The van der Waals surface area contributed by atoms with Crippen molar-refractivity contribution in [2.45, 2.75) is 0 Å². The third-order valence-electron chi connectivity index (χ3n) is 1.34. The molecule has 0 aliphatic heterocycles. The Morgan fingerprint density at radius 3 is 0.900 bits per heavy atom. The first-order chi connectivity index (χ1) is 4.24. The fourth-order valence-electron chi connectivity index (χ4n) is 0.300. The molecule has 0 aromatic heterocycles. The van der Waals surface area contributed by atoms with E-state index in [2.05, 4.69) is 0 Å². The molecule has 0 saturated carbocycles. The van der Waals surface area contributed by atoms with Crippen LogP contribution in [0.4, 0.5) is 0 Å². The van der Waals surface area contributed by atoms with Gasteiger partial charge >= 0.3 is 0 Å². The molecule has 0 aliphatic carbocycles. The van der Waals surface area contributed by atoms with Crippen LogP contribution in [-0.2, 0) is 0 Å². The van der Waals surface area contributed by atoms with Gasteiger partial charge < -0.3 is 20.4 Å². The van der Waals surface area contributed by atoms with Crippen LogP contribution >= 0.6 is 0 Å². The van der Waals surface area contributed by atoms with E-state index in [-0.39, 0.29) is 48.9 Å². The maximum Gasteiger partial charge on any atom is 0.0627 e. The van der Waals surface area contributed by atoms with Gasteiger partial charge in [-0.15, -0.1) is 0 Å². The van der Waals surface area contributed by atoms with Crippen LogP contribution in [0.25, 0.3) is 0 Å². The van der Waals surface area contributed by atoms with E-state index in [1.54, 1.807) is 0 Å². The summed E-state index contributed by atoms with van der Waals surface area (Å²) < 4.78 is 0. The Balaban J connectivity index is 0. The van der Waals surface area contributed by atoms with Gasteiger partial charge in [0.2, 0.25) is 0 Å². The number of aliphatic hydroxyl groups is 4. The standard InChI is InChI=1S/C5H12O4.Ba/c6-1-5(2-7,3-8)4-9;/h6-9H,1-4H2;. The van der Waals surface area contributed by atoms with E-state index in [4.69, 9.17) is 20.4 Å². The zero-order chi connectivity index (χ0) is 7.33. The van der Waals surface area contributed by atoms with E-state index in [0.717, 1.165) is 0 Å². The van der Waals surface area contributed by atoms with Crippen LogP contribution in [-0.4, -0.2) is 95.7 Å². The van der Waals surface area contributed by atoms with Crippen LogP contribution in [0.5, 0.6) is 0 Å². The molecule has 0 atom stereocenters. The molecule has 4 nitrogen and oxygen atoms in total. The summed E-state index contributed by atoms with van der Waals surface area (Å²) in [6, 6.07) is 0. The van der Waals surface area contributed by atoms with Gasteiger partial charge in [-0.05, 0) is 0 Å². The van der Waals surface area contributed by atoms with E-state index in [1.807, 2.05) is 0 Å². The van der Waals surface area contributed by atoms with Gasteiger partial charge in [0, 0.05) is 48.9 Å². The van der Waals surface area contributed by atoms with Crippen molar-refractivity contribution in [2.75, 3.05) is 26.4 Å². The summed E-state index contributed by atoms with van der Waals surface area (Å²) in [6.45, 7) is -1.62. The van der Waals surface area contributed by atoms with E-state index >= 15 is 0 Å². The SMILES string of the molecule is OCC(CO)(CO)CO.[Ba]. The van der Waals surface area contributed by atoms with Gasteiger partial charge in [-0.2, -0.15) is 0 Å². The van der Waals surface area contributed by atoms with Gasteiger partial charge in [-0.1, -0.05) is 0 Å². The largest absolute Gasteiger partial charge is 0.396 e. The Morgan fingerprint density at radius 1 is 0.700 bits per heavy atom. The Kier molecular flexibility index (Phi) is 9.89. The van der Waals surface area contributed by atoms with Crippen molar-refractivity contribution in [3.63, 3.8) is 0 Å². The minimum Gasteiger partial charge on any atom is -0.396 e. The minimum absolute atomic E-state index is 0. The molecule has 0 aromatic rings. The summed E-state index contributed by atoms with van der Waals surface area (Å²) in [6.07, 6.45) is 0. The molecule has 0 amide bonds. The first-order valence-electron chi connectivity index (χ1n) is 2.68. The summed E-state index contributed by atoms with van der Waals surface area (Å²) >= 11 is 0. The third kappa shape index (κ3) is 3.70. The van der Waals surface area contributed by atoms with Crippen molar-refractivity contribution in [3.05, 3.63) is 0 Å². The predicted octanol–water partition coefficient (Wildman–Crippen LogP) is -2.44. The van der Waals surface area contributed by atoms with E-state index < -0.39 is 31.8 Å².